The van der Waals surface area contributed by atoms with Gasteiger partial charge in [0.1, 0.15) is 5.82 Å². The highest BCUT2D eigenvalue weighted by molar-refractivity contribution is 5.40. The van der Waals surface area contributed by atoms with Gasteiger partial charge in [-0.2, -0.15) is 5.10 Å². The highest BCUT2D eigenvalue weighted by Gasteiger charge is 2.15. The fraction of sp³-hybridized carbons (Fsp3) is 0.429. The third kappa shape index (κ3) is 3.08. The highest BCUT2D eigenvalue weighted by Crippen LogP contribution is 2.26. The molecule has 1 heterocycles. The van der Waals surface area contributed by atoms with Crippen LogP contribution in [0.4, 0.5) is 0 Å². The molecule has 0 amide bonds. The van der Waals surface area contributed by atoms with E-state index in [1.807, 2.05) is 7.05 Å². The summed E-state index contributed by atoms with van der Waals surface area (Å²) in [6.07, 6.45) is 2.34. The van der Waals surface area contributed by atoms with Gasteiger partial charge in [-0.3, -0.25) is 4.68 Å². The lowest BCUT2D eigenvalue weighted by molar-refractivity contribution is 0.403. The lowest BCUT2D eigenvalue weighted by Gasteiger charge is -2.11. The zero-order chi connectivity index (χ0) is 14.7. The Morgan fingerprint density at radius 2 is 2.05 bits per heavy atom. The largest absolute Gasteiger partial charge is 0.504 e. The summed E-state index contributed by atoms with van der Waals surface area (Å²) in [5, 5.41) is 23.1. The number of rotatable bonds is 5. The number of nitrogens with zero attached hydrogens (tertiary/aromatic N) is 3. The Morgan fingerprint density at radius 3 is 2.70 bits per heavy atom. The number of phenols is 2. The van der Waals surface area contributed by atoms with Gasteiger partial charge < -0.3 is 15.9 Å². The van der Waals surface area contributed by atoms with E-state index in [9.17, 15) is 10.2 Å². The number of aromatic nitrogens is 3. The smallest absolute Gasteiger partial charge is 0.157 e. The molecule has 6 heteroatoms. The Balaban J connectivity index is 2.14. The van der Waals surface area contributed by atoms with Crippen molar-refractivity contribution in [3.8, 4) is 11.5 Å². The third-order valence-corrected chi connectivity index (χ3v) is 3.14. The fourth-order valence-electron chi connectivity index (χ4n) is 2.14. The van der Waals surface area contributed by atoms with Gasteiger partial charge in [-0.25, -0.2) is 4.98 Å². The van der Waals surface area contributed by atoms with E-state index in [2.05, 4.69) is 17.0 Å². The number of aromatic hydroxyl groups is 2. The summed E-state index contributed by atoms with van der Waals surface area (Å²) in [7, 11) is 1.83. The zero-order valence-electron chi connectivity index (χ0n) is 11.7. The molecule has 1 atom stereocenters. The molecule has 0 fully saturated rings. The maximum absolute atomic E-state index is 9.49. The summed E-state index contributed by atoms with van der Waals surface area (Å²) in [6.45, 7) is 2.08. The molecule has 0 spiro atoms. The van der Waals surface area contributed by atoms with Gasteiger partial charge in [0.2, 0.25) is 0 Å². The van der Waals surface area contributed by atoms with Crippen molar-refractivity contribution in [2.45, 2.75) is 32.2 Å². The minimum Gasteiger partial charge on any atom is -0.504 e. The lowest BCUT2D eigenvalue weighted by Crippen LogP contribution is -2.18. The maximum atomic E-state index is 9.49. The molecule has 1 unspecified atom stereocenters. The second kappa shape index (κ2) is 5.92. The molecule has 2 aromatic rings. The summed E-state index contributed by atoms with van der Waals surface area (Å²) in [6, 6.07) is 4.40. The number of hydrogen-bond donors (Lipinski definition) is 3. The quantitative estimate of drug-likeness (QED) is 0.718. The first-order chi connectivity index (χ1) is 9.51. The standard InChI is InChI=1S/C14H20N4O2/c1-3-4-13-16-14(18(2)17-13)10(15)7-9-5-6-11(19)12(20)8-9/h5-6,8,10,19-20H,3-4,7,15H2,1-2H3. The van der Waals surface area contributed by atoms with Gasteiger partial charge in [0, 0.05) is 13.5 Å². The molecule has 0 aliphatic heterocycles. The van der Waals surface area contributed by atoms with Gasteiger partial charge in [-0.1, -0.05) is 13.0 Å². The summed E-state index contributed by atoms with van der Waals surface area (Å²) < 4.78 is 1.70. The van der Waals surface area contributed by atoms with Crippen molar-refractivity contribution in [3.63, 3.8) is 0 Å². The highest BCUT2D eigenvalue weighted by atomic mass is 16.3. The van der Waals surface area contributed by atoms with Crippen LogP contribution in [0.3, 0.4) is 0 Å². The van der Waals surface area contributed by atoms with Crippen LogP contribution in [0.25, 0.3) is 0 Å². The minimum absolute atomic E-state index is 0.133. The van der Waals surface area contributed by atoms with E-state index in [1.54, 1.807) is 10.7 Å². The van der Waals surface area contributed by atoms with Crippen LogP contribution in [-0.4, -0.2) is 25.0 Å². The number of hydrogen-bond acceptors (Lipinski definition) is 5. The molecule has 0 radical (unpaired) electrons. The summed E-state index contributed by atoms with van der Waals surface area (Å²) in [4.78, 5) is 4.45. The van der Waals surface area contributed by atoms with Crippen molar-refractivity contribution in [2.24, 2.45) is 12.8 Å². The summed E-state index contributed by atoms with van der Waals surface area (Å²) >= 11 is 0. The van der Waals surface area contributed by atoms with E-state index in [1.165, 1.54) is 12.1 Å². The molecular formula is C14H20N4O2. The average Bonchev–Trinajstić information content (AvgIpc) is 2.75. The molecule has 108 valence electrons. The number of benzene rings is 1. The van der Waals surface area contributed by atoms with Crippen molar-refractivity contribution in [1.29, 1.82) is 0 Å². The first-order valence-electron chi connectivity index (χ1n) is 6.67. The van der Waals surface area contributed by atoms with Gasteiger partial charge >= 0.3 is 0 Å². The number of nitrogens with two attached hydrogens (primary N) is 1. The second-order valence-corrected chi connectivity index (χ2v) is 4.89. The van der Waals surface area contributed by atoms with Gasteiger partial charge in [0.05, 0.1) is 6.04 Å². The number of phenolic OH excluding ortho intramolecular Hbond substituents is 2. The molecule has 0 saturated heterocycles. The van der Waals surface area contributed by atoms with Crippen molar-refractivity contribution in [3.05, 3.63) is 35.4 Å². The van der Waals surface area contributed by atoms with E-state index in [-0.39, 0.29) is 17.5 Å². The molecule has 1 aromatic heterocycles. The SMILES string of the molecule is CCCc1nc(C(N)Cc2ccc(O)c(O)c2)n(C)n1. The Hall–Kier alpha value is -2.08. The molecule has 0 saturated carbocycles. The van der Waals surface area contributed by atoms with E-state index < -0.39 is 0 Å². The van der Waals surface area contributed by atoms with Crippen LogP contribution in [0.5, 0.6) is 11.5 Å². The van der Waals surface area contributed by atoms with E-state index in [0.717, 1.165) is 30.1 Å². The van der Waals surface area contributed by atoms with Crippen molar-refractivity contribution >= 4 is 0 Å². The topological polar surface area (TPSA) is 97.2 Å². The van der Waals surface area contributed by atoms with Gasteiger partial charge in [-0.05, 0) is 30.5 Å². The van der Waals surface area contributed by atoms with Gasteiger partial charge in [0.25, 0.3) is 0 Å². The Kier molecular flexibility index (Phi) is 4.24. The van der Waals surface area contributed by atoms with E-state index in [0.29, 0.717) is 6.42 Å². The molecule has 6 nitrogen and oxygen atoms in total. The lowest BCUT2D eigenvalue weighted by atomic mass is 10.1. The second-order valence-electron chi connectivity index (χ2n) is 4.89. The maximum Gasteiger partial charge on any atom is 0.157 e. The minimum atomic E-state index is -0.304. The van der Waals surface area contributed by atoms with E-state index in [4.69, 9.17) is 5.73 Å². The third-order valence-electron chi connectivity index (χ3n) is 3.14. The Morgan fingerprint density at radius 1 is 1.30 bits per heavy atom. The Bertz CT molecular complexity index is 595. The number of aryl methyl sites for hydroxylation is 2. The molecule has 0 bridgehead atoms. The normalized spacial score (nSPS) is 12.6. The predicted octanol–water partition coefficient (Wildman–Crippen LogP) is 1.42. The Labute approximate surface area is 117 Å². The molecule has 20 heavy (non-hydrogen) atoms. The zero-order valence-corrected chi connectivity index (χ0v) is 11.7. The average molecular weight is 276 g/mol. The molecule has 2 rings (SSSR count). The molecule has 0 aliphatic rings. The van der Waals surface area contributed by atoms with Crippen LogP contribution >= 0.6 is 0 Å². The first kappa shape index (κ1) is 14.3. The van der Waals surface area contributed by atoms with Crippen molar-refractivity contribution in [2.75, 3.05) is 0 Å². The molecule has 0 aliphatic carbocycles. The van der Waals surface area contributed by atoms with E-state index >= 15 is 0 Å². The van der Waals surface area contributed by atoms with Crippen LogP contribution in [-0.2, 0) is 19.9 Å². The summed E-state index contributed by atoms with van der Waals surface area (Å²) in [5.74, 6) is 1.25. The predicted molar refractivity (Wildman–Crippen MR) is 75.4 cm³/mol. The summed E-state index contributed by atoms with van der Waals surface area (Å²) in [5.41, 5.74) is 7.00. The van der Waals surface area contributed by atoms with Crippen LogP contribution < -0.4 is 5.73 Å². The molecule has 4 N–H and O–H groups in total. The van der Waals surface area contributed by atoms with Crippen LogP contribution in [0.15, 0.2) is 18.2 Å². The molecular weight excluding hydrogens is 256 g/mol. The van der Waals surface area contributed by atoms with Crippen LogP contribution in [0, 0.1) is 0 Å². The first-order valence-corrected chi connectivity index (χ1v) is 6.67. The van der Waals surface area contributed by atoms with Crippen molar-refractivity contribution in [1.82, 2.24) is 14.8 Å². The van der Waals surface area contributed by atoms with Crippen LogP contribution in [0.1, 0.15) is 36.6 Å². The van der Waals surface area contributed by atoms with Crippen LogP contribution in [0.2, 0.25) is 0 Å². The van der Waals surface area contributed by atoms with Gasteiger partial charge in [-0.15, -0.1) is 0 Å². The van der Waals surface area contributed by atoms with Crippen molar-refractivity contribution < 1.29 is 10.2 Å². The molecule has 1 aromatic carbocycles. The fourth-order valence-corrected chi connectivity index (χ4v) is 2.14. The van der Waals surface area contributed by atoms with Gasteiger partial charge in [0.15, 0.2) is 17.3 Å². The monoisotopic (exact) mass is 276 g/mol.